The number of rotatable bonds is 4. The Morgan fingerprint density at radius 1 is 1.17 bits per heavy atom. The maximum atomic E-state index is 13.3. The van der Waals surface area contributed by atoms with Crippen LogP contribution in [0.3, 0.4) is 0 Å². The first-order valence-corrected chi connectivity index (χ1v) is 9.76. The quantitative estimate of drug-likeness (QED) is 0.461. The number of hydrogen-bond acceptors (Lipinski definition) is 6. The second-order valence-electron chi connectivity index (χ2n) is 6.62. The Morgan fingerprint density at radius 2 is 2.00 bits per heavy atom. The largest absolute Gasteiger partial charge is 0.425 e. The van der Waals surface area contributed by atoms with E-state index in [1.54, 1.807) is 11.0 Å². The zero-order valence-electron chi connectivity index (χ0n) is 15.4. The molecule has 0 aliphatic carbocycles. The lowest BCUT2D eigenvalue weighted by Crippen LogP contribution is -2.33. The third-order valence-electron chi connectivity index (χ3n) is 4.61. The van der Waals surface area contributed by atoms with E-state index in [2.05, 4.69) is 15.0 Å². The zero-order valence-corrected chi connectivity index (χ0v) is 16.3. The molecule has 0 N–H and O–H groups in total. The van der Waals surface area contributed by atoms with E-state index in [0.717, 1.165) is 17.2 Å². The molecular formula is C19H15F4N5OS. The van der Waals surface area contributed by atoms with E-state index in [4.69, 9.17) is 0 Å². The van der Waals surface area contributed by atoms with Crippen molar-refractivity contribution in [1.29, 1.82) is 0 Å². The summed E-state index contributed by atoms with van der Waals surface area (Å²) < 4.78 is 52.6. The zero-order chi connectivity index (χ0) is 21.3. The van der Waals surface area contributed by atoms with Gasteiger partial charge in [0.25, 0.3) is 0 Å². The average molecular weight is 437 g/mol. The van der Waals surface area contributed by atoms with Gasteiger partial charge < -0.3 is 4.90 Å². The van der Waals surface area contributed by atoms with Gasteiger partial charge in [-0.05, 0) is 35.8 Å². The molecule has 0 saturated carbocycles. The van der Waals surface area contributed by atoms with E-state index in [9.17, 15) is 22.4 Å². The molecule has 156 valence electrons. The van der Waals surface area contributed by atoms with Gasteiger partial charge in [-0.15, -0.1) is 11.3 Å². The Bertz CT molecular complexity index is 1150. The molecule has 30 heavy (non-hydrogen) atoms. The molecule has 0 radical (unpaired) electrons. The van der Waals surface area contributed by atoms with E-state index >= 15 is 0 Å². The number of alkyl halides is 3. The van der Waals surface area contributed by atoms with Crippen LogP contribution in [0.25, 0.3) is 5.57 Å². The highest BCUT2D eigenvalue weighted by Crippen LogP contribution is 2.34. The third kappa shape index (κ3) is 4.40. The van der Waals surface area contributed by atoms with Crippen molar-refractivity contribution in [2.75, 3.05) is 18.0 Å². The molecule has 1 aliphatic rings. The topological polar surface area (TPSA) is 63.9 Å². The molecule has 0 spiro atoms. The fourth-order valence-corrected chi connectivity index (χ4v) is 3.98. The molecule has 0 bridgehead atoms. The van der Waals surface area contributed by atoms with Gasteiger partial charge in [0.05, 0.1) is 6.54 Å². The van der Waals surface area contributed by atoms with Crippen LogP contribution < -0.4 is 10.6 Å². The van der Waals surface area contributed by atoms with Crippen molar-refractivity contribution >= 4 is 22.9 Å². The smallest absolute Gasteiger partial charge is 0.337 e. The third-order valence-corrected chi connectivity index (χ3v) is 5.73. The Labute approximate surface area is 172 Å². The van der Waals surface area contributed by atoms with Gasteiger partial charge in [-0.25, -0.2) is 14.8 Å². The van der Waals surface area contributed by atoms with E-state index in [-0.39, 0.29) is 12.5 Å². The van der Waals surface area contributed by atoms with Crippen LogP contribution in [0, 0.1) is 5.95 Å². The molecular weight excluding hydrogens is 422 g/mol. The van der Waals surface area contributed by atoms with Gasteiger partial charge in [0, 0.05) is 30.2 Å². The summed E-state index contributed by atoms with van der Waals surface area (Å²) in [7, 11) is 0. The molecule has 0 unspecified atom stereocenters. The minimum absolute atomic E-state index is 0.0302. The maximum Gasteiger partial charge on any atom is 0.425 e. The minimum atomic E-state index is -4.41. The summed E-state index contributed by atoms with van der Waals surface area (Å²) in [4.78, 5) is 25.5. The predicted octanol–water partition coefficient (Wildman–Crippen LogP) is 3.59. The fraction of sp³-hybridized carbons (Fsp3) is 0.263. The van der Waals surface area contributed by atoms with Crippen molar-refractivity contribution in [2.45, 2.75) is 19.1 Å². The number of nitrogens with zero attached hydrogens (tertiary/aromatic N) is 5. The highest BCUT2D eigenvalue weighted by Gasteiger charge is 2.32. The van der Waals surface area contributed by atoms with Gasteiger partial charge in [0.2, 0.25) is 11.9 Å². The van der Waals surface area contributed by atoms with Crippen molar-refractivity contribution < 1.29 is 17.6 Å². The molecule has 3 aromatic heterocycles. The van der Waals surface area contributed by atoms with Crippen LogP contribution in [-0.2, 0) is 12.7 Å². The van der Waals surface area contributed by atoms with Crippen molar-refractivity contribution in [2.24, 2.45) is 0 Å². The summed E-state index contributed by atoms with van der Waals surface area (Å²) in [6.07, 6.45) is 0.820. The number of halogens is 4. The van der Waals surface area contributed by atoms with Crippen LogP contribution in [0.5, 0.6) is 0 Å². The lowest BCUT2D eigenvalue weighted by Gasteiger charge is -2.26. The SMILES string of the molecule is O=c1nc(N2CC=C(c3ccnc(F)c3)CC2)ncn1Cc1ccc(C(F)(F)F)s1. The van der Waals surface area contributed by atoms with E-state index in [0.29, 0.717) is 35.7 Å². The lowest BCUT2D eigenvalue weighted by atomic mass is 10.0. The maximum absolute atomic E-state index is 13.3. The number of anilines is 1. The highest BCUT2D eigenvalue weighted by molar-refractivity contribution is 7.12. The Hall–Kier alpha value is -3.08. The van der Waals surface area contributed by atoms with Gasteiger partial charge >= 0.3 is 11.9 Å². The number of hydrogen-bond donors (Lipinski definition) is 0. The summed E-state index contributed by atoms with van der Waals surface area (Å²) >= 11 is 0.585. The van der Waals surface area contributed by atoms with E-state index in [1.807, 2.05) is 6.08 Å². The lowest BCUT2D eigenvalue weighted by molar-refractivity contribution is -0.134. The van der Waals surface area contributed by atoms with Crippen LogP contribution in [0.15, 0.2) is 47.7 Å². The molecule has 3 aromatic rings. The van der Waals surface area contributed by atoms with E-state index in [1.165, 1.54) is 29.2 Å². The number of pyridine rings is 1. The Morgan fingerprint density at radius 3 is 2.63 bits per heavy atom. The summed E-state index contributed by atoms with van der Waals surface area (Å²) in [5.41, 5.74) is 1.14. The second-order valence-corrected chi connectivity index (χ2v) is 7.79. The molecule has 4 rings (SSSR count). The van der Waals surface area contributed by atoms with Crippen LogP contribution in [0.4, 0.5) is 23.5 Å². The van der Waals surface area contributed by atoms with Crippen molar-refractivity contribution in [3.05, 3.63) is 74.6 Å². The molecule has 11 heteroatoms. The first-order valence-electron chi connectivity index (χ1n) is 8.95. The molecule has 1 aliphatic heterocycles. The molecule has 6 nitrogen and oxygen atoms in total. The predicted molar refractivity (Wildman–Crippen MR) is 104 cm³/mol. The van der Waals surface area contributed by atoms with Crippen molar-refractivity contribution in [1.82, 2.24) is 19.5 Å². The first kappa shape index (κ1) is 20.2. The van der Waals surface area contributed by atoms with Crippen LogP contribution in [0.2, 0.25) is 0 Å². The van der Waals surface area contributed by atoms with Crippen LogP contribution in [-0.4, -0.2) is 32.6 Å². The number of thiophene rings is 1. The van der Waals surface area contributed by atoms with Gasteiger partial charge in [-0.3, -0.25) is 4.57 Å². The summed E-state index contributed by atoms with van der Waals surface area (Å²) in [6, 6.07) is 5.43. The fourth-order valence-electron chi connectivity index (χ4n) is 3.11. The Balaban J connectivity index is 1.46. The first-order chi connectivity index (χ1) is 14.3. The molecule has 0 fully saturated rings. The number of aromatic nitrogens is 4. The molecule has 4 heterocycles. The van der Waals surface area contributed by atoms with Gasteiger partial charge in [-0.1, -0.05) is 6.08 Å². The van der Waals surface area contributed by atoms with Crippen LogP contribution >= 0.6 is 11.3 Å². The highest BCUT2D eigenvalue weighted by atomic mass is 32.1. The summed E-state index contributed by atoms with van der Waals surface area (Å²) in [5.74, 6) is -0.300. The Kier molecular flexibility index (Phi) is 5.37. The molecule has 0 aromatic carbocycles. The minimum Gasteiger partial charge on any atom is -0.337 e. The van der Waals surface area contributed by atoms with Crippen molar-refractivity contribution in [3.63, 3.8) is 0 Å². The van der Waals surface area contributed by atoms with Crippen molar-refractivity contribution in [3.8, 4) is 0 Å². The molecule has 0 saturated heterocycles. The summed E-state index contributed by atoms with van der Waals surface area (Å²) in [6.45, 7) is 0.958. The van der Waals surface area contributed by atoms with Gasteiger partial charge in [-0.2, -0.15) is 22.5 Å². The molecule has 0 atom stereocenters. The average Bonchev–Trinajstić information content (AvgIpc) is 3.19. The monoisotopic (exact) mass is 437 g/mol. The van der Waals surface area contributed by atoms with Gasteiger partial charge in [0.1, 0.15) is 11.2 Å². The normalized spacial score (nSPS) is 14.7. The standard InChI is InChI=1S/C19H15F4N5OS/c20-16-9-13(3-6-24-16)12-4-7-27(8-5-12)17-25-11-28(18(29)26-17)10-14-1-2-15(30-14)19(21,22)23/h1-4,6,9,11H,5,7-8,10H2. The molecule has 0 amide bonds. The summed E-state index contributed by atoms with van der Waals surface area (Å²) in [5, 5.41) is 0. The van der Waals surface area contributed by atoms with Gasteiger partial charge in [0.15, 0.2) is 0 Å². The van der Waals surface area contributed by atoms with E-state index < -0.39 is 22.7 Å². The van der Waals surface area contributed by atoms with Crippen LogP contribution in [0.1, 0.15) is 21.7 Å². The second kappa shape index (κ2) is 7.98.